The molecule has 0 aromatic heterocycles. The minimum atomic E-state index is -0.325. The summed E-state index contributed by atoms with van der Waals surface area (Å²) in [5, 5.41) is 0. The molecule has 128 valence electrons. The van der Waals surface area contributed by atoms with Crippen molar-refractivity contribution < 1.29 is 9.53 Å². The first kappa shape index (κ1) is 17.8. The molecule has 0 aromatic carbocycles. The molecule has 0 spiro atoms. The van der Waals surface area contributed by atoms with Crippen LogP contribution in [-0.2, 0) is 9.53 Å². The van der Waals surface area contributed by atoms with E-state index >= 15 is 0 Å². The molecule has 0 radical (unpaired) electrons. The molecule has 0 bridgehead atoms. The topological polar surface area (TPSA) is 26.3 Å². The summed E-state index contributed by atoms with van der Waals surface area (Å²) in [6, 6.07) is 0. The van der Waals surface area contributed by atoms with Crippen LogP contribution >= 0.6 is 0 Å². The van der Waals surface area contributed by atoms with E-state index in [4.69, 9.17) is 4.74 Å². The van der Waals surface area contributed by atoms with Crippen molar-refractivity contribution in [2.45, 2.75) is 86.7 Å². The van der Waals surface area contributed by atoms with Gasteiger partial charge in [-0.25, -0.2) is 0 Å². The van der Waals surface area contributed by atoms with Gasteiger partial charge in [0.15, 0.2) is 0 Å². The Balaban J connectivity index is 2.13. The monoisotopic (exact) mass is 308 g/mol. The van der Waals surface area contributed by atoms with Gasteiger partial charge in [-0.2, -0.15) is 0 Å². The summed E-state index contributed by atoms with van der Waals surface area (Å²) in [5.74, 6) is 2.44. The molecule has 0 unspecified atom stereocenters. The van der Waals surface area contributed by atoms with E-state index < -0.39 is 0 Å². The summed E-state index contributed by atoms with van der Waals surface area (Å²) in [6.07, 6.45) is 5.74. The molecule has 0 N–H and O–H groups in total. The number of hydrogen-bond donors (Lipinski definition) is 0. The second-order valence-electron chi connectivity index (χ2n) is 9.26. The molecule has 2 aliphatic carbocycles. The third-order valence-corrected chi connectivity index (χ3v) is 7.40. The van der Waals surface area contributed by atoms with Gasteiger partial charge >= 0.3 is 5.97 Å². The molecule has 22 heavy (non-hydrogen) atoms. The first-order chi connectivity index (χ1) is 10.1. The average Bonchev–Trinajstić information content (AvgIpc) is 2.63. The standard InChI is InChI=1S/C20H36O2/c1-13(2)16-9-8-14(3)12-17(16)22-18(21)20(7)11-10-15(4)19(20,5)6/h13-17H,8-12H2,1-7H3/t14-,15-,16-,17-,20-/m1/s1. The molecule has 2 aliphatic rings. The van der Waals surface area contributed by atoms with E-state index in [-0.39, 0.29) is 22.9 Å². The molecular weight excluding hydrogens is 272 g/mol. The third kappa shape index (κ3) is 2.95. The Labute approximate surface area is 137 Å². The lowest BCUT2D eigenvalue weighted by Crippen LogP contribution is -2.45. The molecule has 2 nitrogen and oxygen atoms in total. The van der Waals surface area contributed by atoms with Gasteiger partial charge in [-0.05, 0) is 61.7 Å². The molecule has 5 atom stereocenters. The maximum absolute atomic E-state index is 13.0. The fraction of sp³-hybridized carbons (Fsp3) is 0.950. The smallest absolute Gasteiger partial charge is 0.312 e. The van der Waals surface area contributed by atoms with Crippen molar-refractivity contribution in [3.8, 4) is 0 Å². The fourth-order valence-corrected chi connectivity index (χ4v) is 4.61. The van der Waals surface area contributed by atoms with E-state index in [1.54, 1.807) is 0 Å². The van der Waals surface area contributed by atoms with Gasteiger partial charge in [0, 0.05) is 0 Å². The van der Waals surface area contributed by atoms with Gasteiger partial charge in [0.25, 0.3) is 0 Å². The van der Waals surface area contributed by atoms with Crippen molar-refractivity contribution in [3.05, 3.63) is 0 Å². The van der Waals surface area contributed by atoms with E-state index in [2.05, 4.69) is 48.5 Å². The quantitative estimate of drug-likeness (QED) is 0.648. The normalized spacial score (nSPS) is 41.6. The van der Waals surface area contributed by atoms with Crippen molar-refractivity contribution in [3.63, 3.8) is 0 Å². The summed E-state index contributed by atoms with van der Waals surface area (Å²) >= 11 is 0. The van der Waals surface area contributed by atoms with Crippen LogP contribution in [0.15, 0.2) is 0 Å². The van der Waals surface area contributed by atoms with Gasteiger partial charge in [0.1, 0.15) is 6.10 Å². The van der Waals surface area contributed by atoms with Crippen LogP contribution in [-0.4, -0.2) is 12.1 Å². The van der Waals surface area contributed by atoms with E-state index in [9.17, 15) is 4.79 Å². The molecule has 0 heterocycles. The fourth-order valence-electron chi connectivity index (χ4n) is 4.61. The van der Waals surface area contributed by atoms with Crippen molar-refractivity contribution in [2.24, 2.45) is 34.5 Å². The Morgan fingerprint density at radius 1 is 1.09 bits per heavy atom. The Morgan fingerprint density at radius 3 is 2.23 bits per heavy atom. The van der Waals surface area contributed by atoms with Crippen LogP contribution in [0.2, 0.25) is 0 Å². The average molecular weight is 309 g/mol. The highest BCUT2D eigenvalue weighted by Gasteiger charge is 2.55. The molecule has 0 amide bonds. The summed E-state index contributed by atoms with van der Waals surface area (Å²) in [5.41, 5.74) is -0.299. The van der Waals surface area contributed by atoms with Crippen LogP contribution in [0.4, 0.5) is 0 Å². The zero-order valence-electron chi connectivity index (χ0n) is 15.7. The molecular formula is C20H36O2. The number of carbonyl (C=O) groups is 1. The molecule has 0 aliphatic heterocycles. The molecule has 2 saturated carbocycles. The van der Waals surface area contributed by atoms with Crippen LogP contribution in [0, 0.1) is 34.5 Å². The van der Waals surface area contributed by atoms with Crippen molar-refractivity contribution >= 4 is 5.97 Å². The van der Waals surface area contributed by atoms with Crippen LogP contribution in [0.5, 0.6) is 0 Å². The predicted octanol–water partition coefficient (Wildman–Crippen LogP) is 5.45. The first-order valence-electron chi connectivity index (χ1n) is 9.30. The summed E-state index contributed by atoms with van der Waals surface area (Å²) in [4.78, 5) is 13.0. The Kier molecular flexibility index (Phi) is 5.00. The number of hydrogen-bond acceptors (Lipinski definition) is 2. The molecule has 2 fully saturated rings. The Bertz CT molecular complexity index is 412. The molecule has 0 saturated heterocycles. The van der Waals surface area contributed by atoms with Crippen LogP contribution in [0.3, 0.4) is 0 Å². The SMILES string of the molecule is CC(C)[C@H]1CC[C@@H](C)C[C@H]1OC(=O)[C@@]1(C)CC[C@@H](C)C1(C)C. The number of ether oxygens (including phenoxy) is 1. The van der Waals surface area contributed by atoms with E-state index in [1.807, 2.05) is 0 Å². The van der Waals surface area contributed by atoms with E-state index in [1.165, 1.54) is 12.8 Å². The lowest BCUT2D eigenvalue weighted by atomic mass is 9.66. The number of rotatable bonds is 3. The zero-order chi connectivity index (χ0) is 16.7. The summed E-state index contributed by atoms with van der Waals surface area (Å²) < 4.78 is 6.17. The molecule has 2 rings (SSSR count). The highest BCUT2D eigenvalue weighted by molar-refractivity contribution is 5.78. The lowest BCUT2D eigenvalue weighted by molar-refractivity contribution is -0.174. The van der Waals surface area contributed by atoms with Crippen LogP contribution in [0.1, 0.15) is 80.6 Å². The number of carbonyl (C=O) groups excluding carboxylic acids is 1. The first-order valence-corrected chi connectivity index (χ1v) is 9.30. The largest absolute Gasteiger partial charge is 0.462 e. The Hall–Kier alpha value is -0.530. The van der Waals surface area contributed by atoms with E-state index in [0.717, 1.165) is 19.3 Å². The van der Waals surface area contributed by atoms with Gasteiger partial charge in [-0.3, -0.25) is 4.79 Å². The van der Waals surface area contributed by atoms with Gasteiger partial charge in [0.05, 0.1) is 5.41 Å². The van der Waals surface area contributed by atoms with Crippen LogP contribution < -0.4 is 0 Å². The summed E-state index contributed by atoms with van der Waals surface area (Å²) in [6.45, 7) is 15.7. The number of esters is 1. The highest BCUT2D eigenvalue weighted by atomic mass is 16.5. The van der Waals surface area contributed by atoms with Gasteiger partial charge in [-0.1, -0.05) is 48.0 Å². The lowest BCUT2D eigenvalue weighted by Gasteiger charge is -2.42. The van der Waals surface area contributed by atoms with Gasteiger partial charge < -0.3 is 4.74 Å². The van der Waals surface area contributed by atoms with Gasteiger partial charge in [-0.15, -0.1) is 0 Å². The minimum Gasteiger partial charge on any atom is -0.462 e. The predicted molar refractivity (Wildman–Crippen MR) is 91.5 cm³/mol. The highest BCUT2D eigenvalue weighted by Crippen LogP contribution is 2.56. The zero-order valence-corrected chi connectivity index (χ0v) is 15.7. The Morgan fingerprint density at radius 2 is 1.73 bits per heavy atom. The molecule has 2 heteroatoms. The molecule has 0 aromatic rings. The van der Waals surface area contributed by atoms with Gasteiger partial charge in [0.2, 0.25) is 0 Å². The summed E-state index contributed by atoms with van der Waals surface area (Å²) in [7, 11) is 0. The minimum absolute atomic E-state index is 0.0255. The van der Waals surface area contributed by atoms with Crippen molar-refractivity contribution in [1.29, 1.82) is 0 Å². The van der Waals surface area contributed by atoms with E-state index in [0.29, 0.717) is 23.7 Å². The third-order valence-electron chi connectivity index (χ3n) is 7.40. The van der Waals surface area contributed by atoms with Crippen LogP contribution in [0.25, 0.3) is 0 Å². The second-order valence-corrected chi connectivity index (χ2v) is 9.26. The maximum atomic E-state index is 13.0. The second kappa shape index (κ2) is 6.17. The maximum Gasteiger partial charge on any atom is 0.312 e. The van der Waals surface area contributed by atoms with Crippen molar-refractivity contribution in [2.75, 3.05) is 0 Å². The van der Waals surface area contributed by atoms with Crippen molar-refractivity contribution in [1.82, 2.24) is 0 Å².